The summed E-state index contributed by atoms with van der Waals surface area (Å²) >= 11 is 0. The van der Waals surface area contributed by atoms with Crippen molar-refractivity contribution in [3.63, 3.8) is 0 Å². The standard InChI is InChI=1S/C32H37F2N3O9/c1-32(2,42)23-10-6-18(15-36-23)20(17-5-9-21(44-31(33)34)22(13-17)43-19-7-8-19)12-16-4-11-24(37-14-16)45-30-27(40)25(38)26(39)28(46-30)29(41)35-3/h4-6,9-11,13-15,19-20,25-28,30-31,38-40,42H,7-8,12H2,1-3H3,(H,35,41)/t20-,25?,26-,27+,28?,30+/m0/s1. The third-order valence-electron chi connectivity index (χ3n) is 7.77. The Morgan fingerprint density at radius 2 is 1.72 bits per heavy atom. The molecule has 2 unspecified atom stereocenters. The third kappa shape index (κ3) is 7.88. The summed E-state index contributed by atoms with van der Waals surface area (Å²) in [6.45, 7) is 0.241. The molecule has 1 saturated heterocycles. The summed E-state index contributed by atoms with van der Waals surface area (Å²) in [4.78, 5) is 20.9. The predicted octanol–water partition coefficient (Wildman–Crippen LogP) is 2.15. The summed E-state index contributed by atoms with van der Waals surface area (Å²) < 4.78 is 47.9. The Morgan fingerprint density at radius 3 is 2.30 bits per heavy atom. The Morgan fingerprint density at radius 1 is 0.978 bits per heavy atom. The molecular formula is C32H37F2N3O9. The maximum absolute atomic E-state index is 13.1. The zero-order valence-electron chi connectivity index (χ0n) is 25.4. The molecule has 1 aliphatic heterocycles. The van der Waals surface area contributed by atoms with E-state index in [1.807, 2.05) is 6.07 Å². The van der Waals surface area contributed by atoms with Crippen molar-refractivity contribution in [1.82, 2.24) is 15.3 Å². The predicted molar refractivity (Wildman–Crippen MR) is 157 cm³/mol. The van der Waals surface area contributed by atoms with Crippen LogP contribution in [-0.2, 0) is 21.6 Å². The zero-order chi connectivity index (χ0) is 33.2. The average Bonchev–Trinajstić information content (AvgIpc) is 3.85. The summed E-state index contributed by atoms with van der Waals surface area (Å²) in [6, 6.07) is 11.6. The minimum absolute atomic E-state index is 0.0217. The molecule has 1 aromatic carbocycles. The van der Waals surface area contributed by atoms with Crippen LogP contribution >= 0.6 is 0 Å². The number of rotatable bonds is 12. The first kappa shape index (κ1) is 33.4. The number of pyridine rings is 2. The molecule has 1 aliphatic carbocycles. The molecule has 3 heterocycles. The van der Waals surface area contributed by atoms with Gasteiger partial charge in [0.1, 0.15) is 23.9 Å². The fourth-order valence-corrected chi connectivity index (χ4v) is 5.05. The average molecular weight is 646 g/mol. The summed E-state index contributed by atoms with van der Waals surface area (Å²) in [6.07, 6.45) is -2.87. The van der Waals surface area contributed by atoms with E-state index in [0.717, 1.165) is 29.5 Å². The van der Waals surface area contributed by atoms with Crippen LogP contribution in [0, 0.1) is 0 Å². The van der Waals surface area contributed by atoms with E-state index in [9.17, 15) is 34.0 Å². The van der Waals surface area contributed by atoms with Crippen molar-refractivity contribution < 1.29 is 52.9 Å². The number of halogens is 2. The van der Waals surface area contributed by atoms with Crippen LogP contribution < -0.4 is 19.5 Å². The van der Waals surface area contributed by atoms with E-state index in [4.69, 9.17) is 18.9 Å². The number of likely N-dealkylation sites (N-methyl/N-ethyl adjacent to an activating group) is 1. The van der Waals surface area contributed by atoms with Crippen LogP contribution in [-0.4, -0.2) is 86.8 Å². The summed E-state index contributed by atoms with van der Waals surface area (Å²) in [5, 5.41) is 43.5. The number of hydrogen-bond acceptors (Lipinski definition) is 11. The van der Waals surface area contributed by atoms with Crippen molar-refractivity contribution in [3.8, 4) is 17.4 Å². The molecule has 2 aliphatic rings. The first-order valence-corrected chi connectivity index (χ1v) is 14.8. The van der Waals surface area contributed by atoms with Crippen LogP contribution in [0.3, 0.4) is 0 Å². The number of nitrogens with zero attached hydrogens (tertiary/aromatic N) is 2. The van der Waals surface area contributed by atoms with Gasteiger partial charge >= 0.3 is 6.61 Å². The molecule has 1 amide bonds. The van der Waals surface area contributed by atoms with Crippen LogP contribution in [0.5, 0.6) is 17.4 Å². The highest BCUT2D eigenvalue weighted by molar-refractivity contribution is 5.81. The number of aliphatic hydroxyl groups is 4. The number of ether oxygens (including phenoxy) is 4. The Kier molecular flexibility index (Phi) is 10.0. The number of aromatic nitrogens is 2. The van der Waals surface area contributed by atoms with Gasteiger partial charge in [0.05, 0.1) is 11.8 Å². The van der Waals surface area contributed by atoms with Gasteiger partial charge in [-0.2, -0.15) is 8.78 Å². The molecule has 0 spiro atoms. The highest BCUT2D eigenvalue weighted by atomic mass is 19.3. The van der Waals surface area contributed by atoms with Crippen molar-refractivity contribution in [2.45, 2.75) is 88.1 Å². The summed E-state index contributed by atoms with van der Waals surface area (Å²) in [7, 11) is 1.34. The molecule has 12 nitrogen and oxygen atoms in total. The molecule has 0 bridgehead atoms. The molecule has 1 saturated carbocycles. The number of alkyl halides is 2. The number of hydrogen-bond donors (Lipinski definition) is 5. The number of aliphatic hydroxyl groups excluding tert-OH is 3. The highest BCUT2D eigenvalue weighted by Gasteiger charge is 2.47. The van der Waals surface area contributed by atoms with E-state index < -0.39 is 48.8 Å². The van der Waals surface area contributed by atoms with Gasteiger partial charge < -0.3 is 44.7 Å². The van der Waals surface area contributed by atoms with Crippen molar-refractivity contribution in [2.24, 2.45) is 0 Å². The van der Waals surface area contributed by atoms with Gasteiger partial charge in [0, 0.05) is 31.4 Å². The van der Waals surface area contributed by atoms with E-state index in [1.165, 1.54) is 25.4 Å². The highest BCUT2D eigenvalue weighted by Crippen LogP contribution is 2.39. The lowest BCUT2D eigenvalue weighted by Gasteiger charge is -2.39. The molecule has 0 radical (unpaired) electrons. The topological polar surface area (TPSA) is 173 Å². The fraction of sp³-hybridized carbons (Fsp3) is 0.469. The minimum atomic E-state index is -3.02. The van der Waals surface area contributed by atoms with Gasteiger partial charge in [0.15, 0.2) is 17.6 Å². The number of benzene rings is 1. The first-order valence-electron chi connectivity index (χ1n) is 14.8. The normalized spacial score (nSPS) is 23.9. The van der Waals surface area contributed by atoms with Gasteiger partial charge in [0.2, 0.25) is 12.2 Å². The molecule has 3 aromatic rings. The number of carbonyl (C=O) groups is 1. The molecule has 14 heteroatoms. The summed E-state index contributed by atoms with van der Waals surface area (Å²) in [5.41, 5.74) is 1.57. The van der Waals surface area contributed by atoms with E-state index >= 15 is 0 Å². The molecule has 46 heavy (non-hydrogen) atoms. The van der Waals surface area contributed by atoms with E-state index in [2.05, 4.69) is 15.3 Å². The minimum Gasteiger partial charge on any atom is -0.487 e. The lowest BCUT2D eigenvalue weighted by molar-refractivity contribution is -0.267. The van der Waals surface area contributed by atoms with Crippen molar-refractivity contribution in [2.75, 3.05) is 7.05 Å². The van der Waals surface area contributed by atoms with E-state index in [0.29, 0.717) is 12.1 Å². The van der Waals surface area contributed by atoms with Gasteiger partial charge in [-0.15, -0.1) is 0 Å². The Labute approximate surface area is 263 Å². The van der Waals surface area contributed by atoms with Gasteiger partial charge in [-0.1, -0.05) is 18.2 Å². The van der Waals surface area contributed by atoms with Crippen LogP contribution in [0.4, 0.5) is 8.78 Å². The first-order chi connectivity index (χ1) is 21.8. The van der Waals surface area contributed by atoms with Crippen LogP contribution in [0.2, 0.25) is 0 Å². The number of amides is 1. The molecule has 5 rings (SSSR count). The van der Waals surface area contributed by atoms with Crippen molar-refractivity contribution in [3.05, 3.63) is 77.2 Å². The zero-order valence-corrected chi connectivity index (χ0v) is 25.4. The monoisotopic (exact) mass is 645 g/mol. The molecule has 5 N–H and O–H groups in total. The van der Waals surface area contributed by atoms with E-state index in [1.54, 1.807) is 44.3 Å². The van der Waals surface area contributed by atoms with Crippen molar-refractivity contribution >= 4 is 5.91 Å². The number of nitrogens with one attached hydrogen (secondary N) is 1. The molecule has 2 aromatic heterocycles. The Bertz CT molecular complexity index is 1480. The Hall–Kier alpha value is -3.95. The van der Waals surface area contributed by atoms with Gasteiger partial charge in [-0.25, -0.2) is 4.98 Å². The maximum Gasteiger partial charge on any atom is 0.387 e. The van der Waals surface area contributed by atoms with Gasteiger partial charge in [-0.3, -0.25) is 9.78 Å². The lowest BCUT2D eigenvalue weighted by Crippen LogP contribution is -2.62. The van der Waals surface area contributed by atoms with Crippen LogP contribution in [0.1, 0.15) is 55.0 Å². The van der Waals surface area contributed by atoms with Crippen molar-refractivity contribution in [1.29, 1.82) is 0 Å². The summed E-state index contributed by atoms with van der Waals surface area (Å²) in [5.74, 6) is -0.889. The number of carbonyl (C=O) groups excluding carboxylic acids is 1. The lowest BCUT2D eigenvalue weighted by atomic mass is 9.86. The third-order valence-corrected chi connectivity index (χ3v) is 7.77. The second kappa shape index (κ2) is 13.8. The Balaban J connectivity index is 1.40. The van der Waals surface area contributed by atoms with E-state index in [-0.39, 0.29) is 29.4 Å². The maximum atomic E-state index is 13.1. The second-order valence-electron chi connectivity index (χ2n) is 11.8. The SMILES string of the molecule is CNC(=O)C1O[C@@H](Oc2ccc(C[C@H](c3ccc(C(C)(C)O)nc3)c3ccc(OC(F)F)c(OC4CC4)c3)cn2)[C@H](O)C(O)[C@@H]1O. The molecule has 248 valence electrons. The molecule has 6 atom stereocenters. The van der Waals surface area contributed by atoms with Gasteiger partial charge in [0.25, 0.3) is 5.91 Å². The smallest absolute Gasteiger partial charge is 0.387 e. The molecular weight excluding hydrogens is 608 g/mol. The quantitative estimate of drug-likeness (QED) is 0.195. The second-order valence-corrected chi connectivity index (χ2v) is 11.8. The fourth-order valence-electron chi connectivity index (χ4n) is 5.05. The van der Waals surface area contributed by atoms with Gasteiger partial charge in [-0.05, 0) is 68.0 Å². The largest absolute Gasteiger partial charge is 0.487 e. The molecule has 2 fully saturated rings. The van der Waals surface area contributed by atoms with Crippen LogP contribution in [0.15, 0.2) is 54.9 Å². The van der Waals surface area contributed by atoms with Crippen LogP contribution in [0.25, 0.3) is 0 Å².